The molecule has 0 atom stereocenters. The van der Waals surface area contributed by atoms with Crippen molar-refractivity contribution in [1.82, 2.24) is 0 Å². The number of hydrogen-bond acceptors (Lipinski definition) is 1. The second-order valence-electron chi connectivity index (χ2n) is 3.17. The molecule has 1 aromatic rings. The molecule has 0 heterocycles. The van der Waals surface area contributed by atoms with E-state index in [1.165, 1.54) is 0 Å². The molecule has 2 heteroatoms. The van der Waals surface area contributed by atoms with Gasteiger partial charge in [0.25, 0.3) is 0 Å². The van der Waals surface area contributed by atoms with Gasteiger partial charge in [-0.05, 0) is 24.1 Å². The van der Waals surface area contributed by atoms with Crippen LogP contribution in [-0.4, -0.2) is 5.78 Å². The molecule has 0 radical (unpaired) electrons. The normalized spacial score (nSPS) is 9.79. The van der Waals surface area contributed by atoms with Gasteiger partial charge >= 0.3 is 0 Å². The highest BCUT2D eigenvalue weighted by Crippen LogP contribution is 2.10. The Morgan fingerprint density at radius 3 is 2.57 bits per heavy atom. The van der Waals surface area contributed by atoms with Gasteiger partial charge in [-0.3, -0.25) is 4.79 Å². The van der Waals surface area contributed by atoms with Crippen molar-refractivity contribution >= 4 is 17.4 Å². The molecule has 0 unspecified atom stereocenters. The first kappa shape index (κ1) is 11.0. The van der Waals surface area contributed by atoms with Crippen LogP contribution in [0.4, 0.5) is 0 Å². The highest BCUT2D eigenvalue weighted by Gasteiger charge is 2.02. The van der Waals surface area contributed by atoms with Gasteiger partial charge in [-0.15, -0.1) is 6.58 Å². The Bertz CT molecular complexity index is 314. The molecule has 0 aromatic heterocycles. The average Bonchev–Trinajstić information content (AvgIpc) is 2.18. The van der Waals surface area contributed by atoms with Gasteiger partial charge in [0.05, 0.1) is 0 Å². The maximum absolute atomic E-state index is 11.4. The molecule has 14 heavy (non-hydrogen) atoms. The Kier molecular flexibility index (Phi) is 4.41. The number of Topliss-reactive ketones (excluding diaryl/α,β-unsaturated/α-hetero) is 1. The molecule has 0 spiro atoms. The lowest BCUT2D eigenvalue weighted by molar-refractivity contribution is -0.118. The summed E-state index contributed by atoms with van der Waals surface area (Å²) in [7, 11) is 0. The summed E-state index contributed by atoms with van der Waals surface area (Å²) in [5.74, 6) is 0.243. The molecular formula is C12H13ClO. The number of allylic oxidation sites excluding steroid dienone is 1. The molecule has 0 aliphatic heterocycles. The number of carbonyl (C=O) groups is 1. The number of ketones is 1. The molecule has 1 rings (SSSR count). The van der Waals surface area contributed by atoms with Crippen molar-refractivity contribution in [2.75, 3.05) is 0 Å². The summed E-state index contributed by atoms with van der Waals surface area (Å²) in [6.45, 7) is 3.58. The number of carbonyl (C=O) groups excluding carboxylic acids is 1. The Hall–Kier alpha value is -1.08. The third-order valence-corrected chi connectivity index (χ3v) is 2.19. The number of hydrogen-bond donors (Lipinski definition) is 0. The van der Waals surface area contributed by atoms with E-state index in [2.05, 4.69) is 6.58 Å². The van der Waals surface area contributed by atoms with Crippen molar-refractivity contribution in [3.05, 3.63) is 47.5 Å². The first-order valence-corrected chi connectivity index (χ1v) is 4.97. The van der Waals surface area contributed by atoms with E-state index < -0.39 is 0 Å². The molecule has 1 aromatic carbocycles. The standard InChI is InChI=1S/C12H13ClO/c1-2-3-4-12(14)9-10-5-7-11(13)8-6-10/h2,5-8H,1,3-4,9H2. The van der Waals surface area contributed by atoms with E-state index in [9.17, 15) is 4.79 Å². The molecule has 0 aliphatic carbocycles. The summed E-state index contributed by atoms with van der Waals surface area (Å²) in [5.41, 5.74) is 1.02. The zero-order chi connectivity index (χ0) is 10.4. The molecule has 1 nitrogen and oxygen atoms in total. The molecule has 0 aliphatic rings. The van der Waals surface area contributed by atoms with Crippen LogP contribution < -0.4 is 0 Å². The first-order valence-electron chi connectivity index (χ1n) is 4.59. The minimum atomic E-state index is 0.243. The lowest BCUT2D eigenvalue weighted by atomic mass is 10.1. The van der Waals surface area contributed by atoms with Gasteiger partial charge in [-0.2, -0.15) is 0 Å². The van der Waals surface area contributed by atoms with Gasteiger partial charge < -0.3 is 0 Å². The van der Waals surface area contributed by atoms with Gasteiger partial charge in [-0.25, -0.2) is 0 Å². The van der Waals surface area contributed by atoms with Crippen molar-refractivity contribution in [2.45, 2.75) is 19.3 Å². The van der Waals surface area contributed by atoms with Gasteiger partial charge in [0.2, 0.25) is 0 Å². The number of halogens is 1. The van der Waals surface area contributed by atoms with Gasteiger partial charge in [0.15, 0.2) is 0 Å². The van der Waals surface area contributed by atoms with Crippen molar-refractivity contribution in [1.29, 1.82) is 0 Å². The lowest BCUT2D eigenvalue weighted by Gasteiger charge is -1.99. The number of benzene rings is 1. The minimum Gasteiger partial charge on any atom is -0.299 e. The van der Waals surface area contributed by atoms with E-state index in [0.717, 1.165) is 12.0 Å². The van der Waals surface area contributed by atoms with E-state index in [-0.39, 0.29) is 5.78 Å². The molecule has 0 saturated carbocycles. The summed E-state index contributed by atoms with van der Waals surface area (Å²) in [5, 5.41) is 0.701. The van der Waals surface area contributed by atoms with E-state index in [4.69, 9.17) is 11.6 Å². The topological polar surface area (TPSA) is 17.1 Å². The van der Waals surface area contributed by atoms with E-state index in [1.807, 2.05) is 12.1 Å². The maximum atomic E-state index is 11.4. The van der Waals surface area contributed by atoms with Crippen molar-refractivity contribution in [2.24, 2.45) is 0 Å². The van der Waals surface area contributed by atoms with Crippen LogP contribution in [0.1, 0.15) is 18.4 Å². The summed E-state index contributed by atoms with van der Waals surface area (Å²) in [6.07, 6.45) is 3.59. The predicted octanol–water partition coefficient (Wildman–Crippen LogP) is 3.42. The first-order chi connectivity index (χ1) is 6.72. The van der Waals surface area contributed by atoms with Crippen molar-refractivity contribution in [3.63, 3.8) is 0 Å². The van der Waals surface area contributed by atoms with Crippen LogP contribution in [0.15, 0.2) is 36.9 Å². The van der Waals surface area contributed by atoms with Gasteiger partial charge in [-0.1, -0.05) is 29.8 Å². The molecular weight excluding hydrogens is 196 g/mol. The van der Waals surface area contributed by atoms with E-state index >= 15 is 0 Å². The highest BCUT2D eigenvalue weighted by atomic mass is 35.5. The summed E-state index contributed by atoms with van der Waals surface area (Å²) in [6, 6.07) is 7.37. The monoisotopic (exact) mass is 208 g/mol. The quantitative estimate of drug-likeness (QED) is 0.678. The smallest absolute Gasteiger partial charge is 0.137 e. The third-order valence-electron chi connectivity index (χ3n) is 1.94. The second-order valence-corrected chi connectivity index (χ2v) is 3.61. The molecule has 0 N–H and O–H groups in total. The van der Waals surface area contributed by atoms with Crippen LogP contribution in [0.5, 0.6) is 0 Å². The fourth-order valence-corrected chi connectivity index (χ4v) is 1.31. The number of rotatable bonds is 5. The fraction of sp³-hybridized carbons (Fsp3) is 0.250. The van der Waals surface area contributed by atoms with Crippen LogP contribution in [0, 0.1) is 0 Å². The van der Waals surface area contributed by atoms with Crippen LogP contribution in [0.25, 0.3) is 0 Å². The molecule has 0 saturated heterocycles. The summed E-state index contributed by atoms with van der Waals surface area (Å²) in [4.78, 5) is 11.4. The Labute approximate surface area is 89.4 Å². The molecule has 0 amide bonds. The zero-order valence-corrected chi connectivity index (χ0v) is 8.76. The largest absolute Gasteiger partial charge is 0.299 e. The molecule has 0 bridgehead atoms. The van der Waals surface area contributed by atoms with Crippen LogP contribution in [0.2, 0.25) is 5.02 Å². The second kappa shape index (κ2) is 5.61. The highest BCUT2D eigenvalue weighted by molar-refractivity contribution is 6.30. The fourth-order valence-electron chi connectivity index (χ4n) is 1.18. The predicted molar refractivity (Wildman–Crippen MR) is 59.6 cm³/mol. The molecule has 74 valence electrons. The summed E-state index contributed by atoms with van der Waals surface area (Å²) < 4.78 is 0. The average molecular weight is 209 g/mol. The Balaban J connectivity index is 2.47. The lowest BCUT2D eigenvalue weighted by Crippen LogP contribution is -2.01. The van der Waals surface area contributed by atoms with Gasteiger partial charge in [0, 0.05) is 17.9 Å². The Morgan fingerprint density at radius 2 is 2.00 bits per heavy atom. The van der Waals surface area contributed by atoms with Crippen molar-refractivity contribution in [3.8, 4) is 0 Å². The SMILES string of the molecule is C=CCCC(=O)Cc1ccc(Cl)cc1. The Morgan fingerprint density at radius 1 is 1.36 bits per heavy atom. The maximum Gasteiger partial charge on any atom is 0.137 e. The van der Waals surface area contributed by atoms with Crippen LogP contribution in [-0.2, 0) is 11.2 Å². The van der Waals surface area contributed by atoms with E-state index in [0.29, 0.717) is 17.9 Å². The van der Waals surface area contributed by atoms with Gasteiger partial charge in [0.1, 0.15) is 5.78 Å². The van der Waals surface area contributed by atoms with Crippen molar-refractivity contribution < 1.29 is 4.79 Å². The van der Waals surface area contributed by atoms with Crippen LogP contribution >= 0.6 is 11.6 Å². The zero-order valence-electron chi connectivity index (χ0n) is 8.00. The van der Waals surface area contributed by atoms with Crippen LogP contribution in [0.3, 0.4) is 0 Å². The minimum absolute atomic E-state index is 0.243. The van der Waals surface area contributed by atoms with E-state index in [1.54, 1.807) is 18.2 Å². The summed E-state index contributed by atoms with van der Waals surface area (Å²) >= 11 is 5.73. The third kappa shape index (κ3) is 3.75. The molecule has 0 fully saturated rings.